The number of nitrogens with zero attached hydrogens (tertiary/aromatic N) is 1. The van der Waals surface area contributed by atoms with Crippen molar-refractivity contribution >= 4 is 38.4 Å². The van der Waals surface area contributed by atoms with Crippen LogP contribution in [0.2, 0.25) is 0 Å². The lowest BCUT2D eigenvalue weighted by atomic mass is 9.96. The lowest BCUT2D eigenvalue weighted by Gasteiger charge is -2.14. The van der Waals surface area contributed by atoms with E-state index < -0.39 is 23.8 Å². The Morgan fingerprint density at radius 1 is 1.17 bits per heavy atom. The smallest absolute Gasteiger partial charge is 0.416 e. The van der Waals surface area contributed by atoms with Crippen molar-refractivity contribution in [2.24, 2.45) is 0 Å². The van der Waals surface area contributed by atoms with Crippen LogP contribution in [-0.4, -0.2) is 22.3 Å². The molecule has 0 aliphatic heterocycles. The van der Waals surface area contributed by atoms with Gasteiger partial charge in [0.15, 0.2) is 11.7 Å². The van der Waals surface area contributed by atoms with Gasteiger partial charge in [-0.25, -0.2) is 4.79 Å². The summed E-state index contributed by atoms with van der Waals surface area (Å²) in [5.74, 6) is -0.439. The van der Waals surface area contributed by atoms with E-state index in [0.29, 0.717) is 35.3 Å². The Balaban J connectivity index is 1.62. The molecule has 0 fully saturated rings. The van der Waals surface area contributed by atoms with Gasteiger partial charge in [0.2, 0.25) is 0 Å². The zero-order valence-corrected chi connectivity index (χ0v) is 20.6. The second kappa shape index (κ2) is 9.53. The zero-order valence-electron chi connectivity index (χ0n) is 19.8. The predicted molar refractivity (Wildman–Crippen MR) is 129 cm³/mol. The lowest BCUT2D eigenvalue weighted by Crippen LogP contribution is -2.26. The van der Waals surface area contributed by atoms with E-state index in [-0.39, 0.29) is 5.92 Å². The molecule has 4 rings (SSSR count). The molecule has 35 heavy (non-hydrogen) atoms. The molecule has 0 saturated heterocycles. The number of aromatic nitrogens is 1. The topological polar surface area (TPSA) is 72.6 Å². The molecule has 2 aromatic carbocycles. The van der Waals surface area contributed by atoms with Gasteiger partial charge in [0.1, 0.15) is 5.75 Å². The molecule has 0 radical (unpaired) electrons. The normalized spacial score (nSPS) is 13.1. The fourth-order valence-corrected chi connectivity index (χ4v) is 5.69. The summed E-state index contributed by atoms with van der Waals surface area (Å²) in [6.07, 6.45) is -3.83. The van der Waals surface area contributed by atoms with Crippen LogP contribution in [-0.2, 0) is 23.8 Å². The molecule has 0 bridgehead atoms. The number of thiophene rings is 1. The van der Waals surface area contributed by atoms with Gasteiger partial charge in [-0.2, -0.15) is 13.2 Å². The summed E-state index contributed by atoms with van der Waals surface area (Å²) in [7, 11) is 0. The average molecular weight is 506 g/mol. The second-order valence-corrected chi connectivity index (χ2v) is 10.0. The molecular weight excluding hydrogens is 479 g/mol. The van der Waals surface area contributed by atoms with E-state index in [1.165, 1.54) is 17.4 Å². The monoisotopic (exact) mass is 505 g/mol. The van der Waals surface area contributed by atoms with E-state index >= 15 is 0 Å². The average Bonchev–Trinajstić information content (AvgIpc) is 3.34. The predicted octanol–water partition coefficient (Wildman–Crippen LogP) is 7.52. The molecule has 186 valence electrons. The summed E-state index contributed by atoms with van der Waals surface area (Å²) >= 11 is 1.39. The van der Waals surface area contributed by atoms with Crippen LogP contribution in [0.4, 0.5) is 13.2 Å². The number of hydrogen-bond acceptors (Lipinski definition) is 5. The highest BCUT2D eigenvalue weighted by atomic mass is 32.1. The first kappa shape index (κ1) is 25.0. The molecule has 1 atom stereocenters. The van der Waals surface area contributed by atoms with Crippen LogP contribution in [0.3, 0.4) is 0 Å². The van der Waals surface area contributed by atoms with Crippen molar-refractivity contribution in [2.75, 3.05) is 0 Å². The maximum absolute atomic E-state index is 13.2. The molecule has 4 aromatic rings. The number of aliphatic carboxylic acids is 1. The van der Waals surface area contributed by atoms with Gasteiger partial charge in [0, 0.05) is 21.0 Å². The number of rotatable bonds is 8. The van der Waals surface area contributed by atoms with Gasteiger partial charge in [-0.05, 0) is 66.8 Å². The van der Waals surface area contributed by atoms with Gasteiger partial charge >= 0.3 is 12.1 Å². The Morgan fingerprint density at radius 3 is 2.54 bits per heavy atom. The maximum atomic E-state index is 13.2. The Labute approximate surface area is 204 Å². The molecule has 0 aliphatic rings. The van der Waals surface area contributed by atoms with Gasteiger partial charge in [0.25, 0.3) is 0 Å². The van der Waals surface area contributed by atoms with Crippen LogP contribution in [0.25, 0.3) is 21.1 Å². The van der Waals surface area contributed by atoms with E-state index in [2.05, 4.69) is 5.16 Å². The van der Waals surface area contributed by atoms with Crippen LogP contribution in [0.15, 0.2) is 34.9 Å². The summed E-state index contributed by atoms with van der Waals surface area (Å²) in [4.78, 5) is 12.4. The van der Waals surface area contributed by atoms with Crippen LogP contribution < -0.4 is 4.74 Å². The first-order valence-corrected chi connectivity index (χ1v) is 12.2. The molecule has 2 aromatic heterocycles. The molecule has 0 spiro atoms. The standard InChI is InChI=1S/C26H26F3NO4S/c1-5-19(25(31)32)33-20-12-21-17(10-14(20)4)18(30-34-21)8-9-22-24(13(2)3)16-7-6-15(26(27,28)29)11-23(16)35-22/h6-7,10-13,19H,5,8-9H2,1-4H3,(H,31,32). The van der Waals surface area contributed by atoms with Crippen LogP contribution >= 0.6 is 11.3 Å². The van der Waals surface area contributed by atoms with E-state index in [4.69, 9.17) is 9.26 Å². The van der Waals surface area contributed by atoms with Gasteiger partial charge in [-0.1, -0.05) is 32.0 Å². The van der Waals surface area contributed by atoms with E-state index in [0.717, 1.165) is 38.5 Å². The van der Waals surface area contributed by atoms with Crippen molar-refractivity contribution in [2.45, 2.75) is 65.2 Å². The zero-order chi connectivity index (χ0) is 25.5. The molecule has 9 heteroatoms. The molecule has 0 saturated carbocycles. The Morgan fingerprint density at radius 2 is 1.91 bits per heavy atom. The highest BCUT2D eigenvalue weighted by molar-refractivity contribution is 7.19. The fraction of sp³-hybridized carbons (Fsp3) is 0.385. The number of carboxylic acids is 1. The Hall–Kier alpha value is -3.07. The number of fused-ring (bicyclic) bond motifs is 2. The third kappa shape index (κ3) is 5.00. The number of halogens is 3. The summed E-state index contributed by atoms with van der Waals surface area (Å²) in [6.45, 7) is 7.66. The SMILES string of the molecule is CCC(Oc1cc2onc(CCc3sc4cc(C(F)(F)F)ccc4c3C(C)C)c2cc1C)C(=O)O. The molecule has 2 heterocycles. The number of alkyl halides is 3. The van der Waals surface area contributed by atoms with Gasteiger partial charge in [-0.3, -0.25) is 0 Å². The van der Waals surface area contributed by atoms with Crippen LogP contribution in [0.1, 0.15) is 60.4 Å². The molecular formula is C26H26F3NO4S. The largest absolute Gasteiger partial charge is 0.479 e. The molecule has 1 N–H and O–H groups in total. The van der Waals surface area contributed by atoms with Crippen LogP contribution in [0.5, 0.6) is 5.75 Å². The first-order chi connectivity index (χ1) is 16.5. The van der Waals surface area contributed by atoms with E-state index in [1.807, 2.05) is 26.8 Å². The number of carbonyl (C=O) groups is 1. The highest BCUT2D eigenvalue weighted by Gasteiger charge is 2.31. The van der Waals surface area contributed by atoms with Crippen molar-refractivity contribution in [3.63, 3.8) is 0 Å². The molecule has 0 amide bonds. The number of carboxylic acid groups (broad SMARTS) is 1. The second-order valence-electron chi connectivity index (χ2n) is 8.90. The third-order valence-corrected chi connectivity index (χ3v) is 7.28. The number of hydrogen-bond donors (Lipinski definition) is 1. The minimum Gasteiger partial charge on any atom is -0.479 e. The van der Waals surface area contributed by atoms with E-state index in [1.54, 1.807) is 19.1 Å². The van der Waals surface area contributed by atoms with Gasteiger partial charge in [0.05, 0.1) is 11.3 Å². The van der Waals surface area contributed by atoms with E-state index in [9.17, 15) is 23.1 Å². The lowest BCUT2D eigenvalue weighted by molar-refractivity contribution is -0.145. The molecule has 5 nitrogen and oxygen atoms in total. The fourth-order valence-electron chi connectivity index (χ4n) is 4.29. The summed E-state index contributed by atoms with van der Waals surface area (Å²) in [5, 5.41) is 15.2. The minimum absolute atomic E-state index is 0.159. The number of ether oxygens (including phenoxy) is 1. The van der Waals surface area contributed by atoms with Crippen molar-refractivity contribution < 1.29 is 32.3 Å². The van der Waals surface area contributed by atoms with Gasteiger partial charge in [-0.15, -0.1) is 11.3 Å². The Bertz CT molecular complexity index is 1390. The summed E-state index contributed by atoms with van der Waals surface area (Å²) in [5.41, 5.74) is 2.43. The Kier molecular flexibility index (Phi) is 6.81. The summed E-state index contributed by atoms with van der Waals surface area (Å²) < 4.78 is 51.4. The number of benzene rings is 2. The maximum Gasteiger partial charge on any atom is 0.416 e. The molecule has 0 aliphatic carbocycles. The first-order valence-electron chi connectivity index (χ1n) is 11.4. The highest BCUT2D eigenvalue weighted by Crippen LogP contribution is 2.40. The number of aryl methyl sites for hydroxylation is 3. The van der Waals surface area contributed by atoms with Crippen molar-refractivity contribution in [1.82, 2.24) is 5.16 Å². The van der Waals surface area contributed by atoms with Gasteiger partial charge < -0.3 is 14.4 Å². The third-order valence-electron chi connectivity index (χ3n) is 6.06. The summed E-state index contributed by atoms with van der Waals surface area (Å²) in [6, 6.07) is 7.47. The molecule has 1 unspecified atom stereocenters. The van der Waals surface area contributed by atoms with Crippen molar-refractivity contribution in [3.05, 3.63) is 57.6 Å². The minimum atomic E-state index is -4.38. The van der Waals surface area contributed by atoms with Crippen molar-refractivity contribution in [1.29, 1.82) is 0 Å². The van der Waals surface area contributed by atoms with Crippen molar-refractivity contribution in [3.8, 4) is 5.75 Å². The quantitative estimate of drug-likeness (QED) is 0.268. The van der Waals surface area contributed by atoms with Crippen LogP contribution in [0, 0.1) is 6.92 Å².